The Kier molecular flexibility index (Phi) is 7.48. The van der Waals surface area contributed by atoms with E-state index in [-0.39, 0.29) is 31.2 Å². The predicted octanol–water partition coefficient (Wildman–Crippen LogP) is 2.58. The van der Waals surface area contributed by atoms with Crippen molar-refractivity contribution in [2.24, 2.45) is 0 Å². The number of nitrogens with zero attached hydrogens (tertiary/aromatic N) is 1. The Labute approximate surface area is 141 Å². The van der Waals surface area contributed by atoms with Gasteiger partial charge in [0.15, 0.2) is 11.6 Å². The lowest BCUT2D eigenvalue weighted by Gasteiger charge is -2.20. The standard InChI is InChI=1S/C17H25FN2O4/c1-17(2,3)24-16(22)19-10-9-15(21)20(4)11-12-23-14-8-6-5-7-13(14)18/h5-8H,9-12H2,1-4H3,(H,19,22). The van der Waals surface area contributed by atoms with Crippen LogP contribution in [0.1, 0.15) is 27.2 Å². The third-order valence-corrected chi connectivity index (χ3v) is 2.95. The van der Waals surface area contributed by atoms with Gasteiger partial charge in [-0.25, -0.2) is 9.18 Å². The minimum atomic E-state index is -0.574. The zero-order chi connectivity index (χ0) is 18.2. The molecule has 0 unspecified atom stereocenters. The Morgan fingerprint density at radius 2 is 1.92 bits per heavy atom. The van der Waals surface area contributed by atoms with Crippen LogP contribution in [0.25, 0.3) is 0 Å². The van der Waals surface area contributed by atoms with Crippen LogP contribution in [0, 0.1) is 5.82 Å². The molecular weight excluding hydrogens is 315 g/mol. The number of carbonyl (C=O) groups is 2. The third kappa shape index (κ3) is 7.80. The molecule has 0 atom stereocenters. The third-order valence-electron chi connectivity index (χ3n) is 2.95. The van der Waals surface area contributed by atoms with Crippen LogP contribution in [0.2, 0.25) is 0 Å². The summed E-state index contributed by atoms with van der Waals surface area (Å²) in [7, 11) is 1.63. The van der Waals surface area contributed by atoms with Crippen LogP contribution >= 0.6 is 0 Å². The number of halogens is 1. The summed E-state index contributed by atoms with van der Waals surface area (Å²) in [5, 5.41) is 2.52. The molecule has 6 nitrogen and oxygen atoms in total. The zero-order valence-electron chi connectivity index (χ0n) is 14.6. The summed E-state index contributed by atoms with van der Waals surface area (Å²) < 4.78 is 23.7. The van der Waals surface area contributed by atoms with Gasteiger partial charge in [0.1, 0.15) is 12.2 Å². The van der Waals surface area contributed by atoms with E-state index in [1.165, 1.54) is 17.0 Å². The molecule has 1 rings (SSSR count). The van der Waals surface area contributed by atoms with E-state index in [9.17, 15) is 14.0 Å². The highest BCUT2D eigenvalue weighted by Gasteiger charge is 2.16. The predicted molar refractivity (Wildman–Crippen MR) is 88.4 cm³/mol. The van der Waals surface area contributed by atoms with E-state index in [1.807, 2.05) is 0 Å². The minimum Gasteiger partial charge on any atom is -0.489 e. The number of amides is 2. The second kappa shape index (κ2) is 9.10. The van der Waals surface area contributed by atoms with E-state index < -0.39 is 17.5 Å². The van der Waals surface area contributed by atoms with E-state index in [1.54, 1.807) is 40.0 Å². The lowest BCUT2D eigenvalue weighted by Crippen LogP contribution is -2.36. The molecule has 0 radical (unpaired) electrons. The second-order valence-corrected chi connectivity index (χ2v) is 6.27. The van der Waals surface area contributed by atoms with Crippen molar-refractivity contribution >= 4 is 12.0 Å². The van der Waals surface area contributed by atoms with Crippen molar-refractivity contribution in [3.05, 3.63) is 30.1 Å². The minimum absolute atomic E-state index is 0.148. The number of rotatable bonds is 7. The SMILES string of the molecule is CN(CCOc1ccccc1F)C(=O)CCNC(=O)OC(C)(C)C. The van der Waals surface area contributed by atoms with Crippen molar-refractivity contribution < 1.29 is 23.5 Å². The number of hydrogen-bond acceptors (Lipinski definition) is 4. The summed E-state index contributed by atoms with van der Waals surface area (Å²) in [4.78, 5) is 24.9. The van der Waals surface area contributed by atoms with Crippen LogP contribution in [0.5, 0.6) is 5.75 Å². The Hall–Kier alpha value is -2.31. The quantitative estimate of drug-likeness (QED) is 0.828. The van der Waals surface area contributed by atoms with Crippen molar-refractivity contribution in [1.29, 1.82) is 0 Å². The number of likely N-dealkylation sites (N-methyl/N-ethyl adjacent to an activating group) is 1. The Morgan fingerprint density at radius 1 is 1.25 bits per heavy atom. The van der Waals surface area contributed by atoms with Gasteiger partial charge in [-0.1, -0.05) is 12.1 Å². The maximum Gasteiger partial charge on any atom is 0.407 e. The van der Waals surface area contributed by atoms with Crippen molar-refractivity contribution in [3.8, 4) is 5.75 Å². The molecule has 0 saturated heterocycles. The van der Waals surface area contributed by atoms with Gasteiger partial charge in [0.05, 0.1) is 6.54 Å². The number of benzene rings is 1. The maximum atomic E-state index is 13.4. The van der Waals surface area contributed by atoms with Crippen LogP contribution in [-0.4, -0.2) is 49.2 Å². The fourth-order valence-electron chi connectivity index (χ4n) is 1.76. The summed E-state index contributed by atoms with van der Waals surface area (Å²) in [6, 6.07) is 6.10. The summed E-state index contributed by atoms with van der Waals surface area (Å²) >= 11 is 0. The average Bonchev–Trinajstić information content (AvgIpc) is 2.47. The molecule has 0 saturated carbocycles. The molecule has 0 heterocycles. The van der Waals surface area contributed by atoms with Gasteiger partial charge in [-0.2, -0.15) is 0 Å². The number of hydrogen-bond donors (Lipinski definition) is 1. The van der Waals surface area contributed by atoms with Crippen LogP contribution in [0.3, 0.4) is 0 Å². The van der Waals surface area contributed by atoms with Crippen molar-refractivity contribution in [1.82, 2.24) is 10.2 Å². The summed E-state index contributed by atoms with van der Waals surface area (Å²) in [6.45, 7) is 5.98. The molecule has 7 heteroatoms. The van der Waals surface area contributed by atoms with E-state index >= 15 is 0 Å². The Morgan fingerprint density at radius 3 is 2.54 bits per heavy atom. The number of ether oxygens (including phenoxy) is 2. The van der Waals surface area contributed by atoms with Gasteiger partial charge in [-0.15, -0.1) is 0 Å². The van der Waals surface area contributed by atoms with Gasteiger partial charge in [0.25, 0.3) is 0 Å². The molecule has 134 valence electrons. The molecular formula is C17H25FN2O4. The highest BCUT2D eigenvalue weighted by atomic mass is 19.1. The Balaban J connectivity index is 2.23. The average molecular weight is 340 g/mol. The lowest BCUT2D eigenvalue weighted by atomic mass is 10.2. The fraction of sp³-hybridized carbons (Fsp3) is 0.529. The summed E-state index contributed by atoms with van der Waals surface area (Å²) in [5.74, 6) is -0.429. The first-order valence-electron chi connectivity index (χ1n) is 7.77. The molecule has 0 spiro atoms. The van der Waals surface area contributed by atoms with Gasteiger partial charge >= 0.3 is 6.09 Å². The molecule has 2 amide bonds. The molecule has 24 heavy (non-hydrogen) atoms. The summed E-state index contributed by atoms with van der Waals surface area (Å²) in [5.41, 5.74) is -0.574. The maximum absolute atomic E-state index is 13.4. The molecule has 1 aromatic rings. The highest BCUT2D eigenvalue weighted by Crippen LogP contribution is 2.15. The molecule has 0 aliphatic heterocycles. The van der Waals surface area contributed by atoms with Gasteiger partial charge in [0.2, 0.25) is 5.91 Å². The van der Waals surface area contributed by atoms with Gasteiger partial charge in [-0.05, 0) is 32.9 Å². The van der Waals surface area contributed by atoms with Crippen molar-refractivity contribution in [3.63, 3.8) is 0 Å². The lowest BCUT2D eigenvalue weighted by molar-refractivity contribution is -0.130. The largest absolute Gasteiger partial charge is 0.489 e. The molecule has 0 aliphatic rings. The number of nitrogens with one attached hydrogen (secondary N) is 1. The molecule has 0 bridgehead atoms. The van der Waals surface area contributed by atoms with Gasteiger partial charge in [0, 0.05) is 20.0 Å². The first-order chi connectivity index (χ1) is 11.2. The van der Waals surface area contributed by atoms with E-state index in [0.717, 1.165) is 0 Å². The van der Waals surface area contributed by atoms with Crippen molar-refractivity contribution in [2.45, 2.75) is 32.8 Å². The molecule has 0 aliphatic carbocycles. The van der Waals surface area contributed by atoms with E-state index in [2.05, 4.69) is 5.32 Å². The monoisotopic (exact) mass is 340 g/mol. The second-order valence-electron chi connectivity index (χ2n) is 6.27. The van der Waals surface area contributed by atoms with Gasteiger partial charge < -0.3 is 19.7 Å². The molecule has 0 aromatic heterocycles. The number of para-hydroxylation sites is 1. The van der Waals surface area contributed by atoms with Crippen LogP contribution in [0.4, 0.5) is 9.18 Å². The smallest absolute Gasteiger partial charge is 0.407 e. The first-order valence-corrected chi connectivity index (χ1v) is 7.77. The molecule has 0 fully saturated rings. The molecule has 1 N–H and O–H groups in total. The normalized spacial score (nSPS) is 10.9. The fourth-order valence-corrected chi connectivity index (χ4v) is 1.76. The number of alkyl carbamates (subject to hydrolysis) is 1. The summed E-state index contributed by atoms with van der Waals surface area (Å²) in [6.07, 6.45) is -0.407. The van der Waals surface area contributed by atoms with Crippen molar-refractivity contribution in [2.75, 3.05) is 26.7 Å². The zero-order valence-corrected chi connectivity index (χ0v) is 14.6. The topological polar surface area (TPSA) is 67.9 Å². The van der Waals surface area contributed by atoms with Crippen LogP contribution < -0.4 is 10.1 Å². The van der Waals surface area contributed by atoms with Gasteiger partial charge in [-0.3, -0.25) is 4.79 Å². The van der Waals surface area contributed by atoms with Crippen LogP contribution in [-0.2, 0) is 9.53 Å². The highest BCUT2D eigenvalue weighted by molar-refractivity contribution is 5.77. The number of carbonyl (C=O) groups excluding carboxylic acids is 2. The van der Waals surface area contributed by atoms with Crippen LogP contribution in [0.15, 0.2) is 24.3 Å². The van der Waals surface area contributed by atoms with E-state index in [0.29, 0.717) is 6.54 Å². The van der Waals surface area contributed by atoms with E-state index in [4.69, 9.17) is 9.47 Å². The first kappa shape index (κ1) is 19.7. The molecule has 1 aromatic carbocycles. The Bertz CT molecular complexity index is 558.